The fourth-order valence-corrected chi connectivity index (χ4v) is 2.35. The maximum absolute atomic E-state index is 12.1. The van der Waals surface area contributed by atoms with Crippen LogP contribution in [-0.2, 0) is 9.59 Å². The van der Waals surface area contributed by atoms with E-state index in [0.717, 1.165) is 5.56 Å². The highest BCUT2D eigenvalue weighted by Gasteiger charge is 2.16. The molecule has 0 saturated carbocycles. The number of anilines is 2. The molecule has 7 heteroatoms. The zero-order valence-electron chi connectivity index (χ0n) is 15.2. The molecule has 0 radical (unpaired) electrons. The van der Waals surface area contributed by atoms with Gasteiger partial charge in [0, 0.05) is 23.5 Å². The van der Waals surface area contributed by atoms with E-state index in [9.17, 15) is 9.59 Å². The van der Waals surface area contributed by atoms with Crippen LogP contribution in [0.15, 0.2) is 36.4 Å². The maximum atomic E-state index is 12.1. The van der Waals surface area contributed by atoms with Crippen molar-refractivity contribution >= 4 is 23.2 Å². The molecule has 138 valence electrons. The lowest BCUT2D eigenvalue weighted by Gasteiger charge is -2.14. The van der Waals surface area contributed by atoms with E-state index in [0.29, 0.717) is 28.6 Å². The lowest BCUT2D eigenvalue weighted by molar-refractivity contribution is -0.123. The lowest BCUT2D eigenvalue weighted by atomic mass is 10.2. The van der Waals surface area contributed by atoms with Gasteiger partial charge in [0.25, 0.3) is 0 Å². The van der Waals surface area contributed by atoms with Gasteiger partial charge in [-0.3, -0.25) is 9.59 Å². The fraction of sp³-hybridized carbons (Fsp3) is 0.263. The third-order valence-corrected chi connectivity index (χ3v) is 3.60. The van der Waals surface area contributed by atoms with E-state index in [1.165, 1.54) is 21.3 Å². The molecule has 0 fully saturated rings. The Bertz CT molecular complexity index is 762. The van der Waals surface area contributed by atoms with Gasteiger partial charge < -0.3 is 24.8 Å². The van der Waals surface area contributed by atoms with Crippen LogP contribution in [0.25, 0.3) is 0 Å². The van der Waals surface area contributed by atoms with Crippen molar-refractivity contribution in [3.63, 3.8) is 0 Å². The summed E-state index contributed by atoms with van der Waals surface area (Å²) in [7, 11) is 4.46. The van der Waals surface area contributed by atoms with Crippen molar-refractivity contribution in [1.29, 1.82) is 0 Å². The first-order valence-corrected chi connectivity index (χ1v) is 7.93. The predicted molar refractivity (Wildman–Crippen MR) is 99.2 cm³/mol. The van der Waals surface area contributed by atoms with Crippen LogP contribution in [0.1, 0.15) is 12.0 Å². The van der Waals surface area contributed by atoms with Crippen molar-refractivity contribution < 1.29 is 23.8 Å². The highest BCUT2D eigenvalue weighted by molar-refractivity contribution is 6.08. The second kappa shape index (κ2) is 8.75. The molecule has 2 aromatic rings. The van der Waals surface area contributed by atoms with Gasteiger partial charge in [0.2, 0.25) is 17.6 Å². The molecule has 0 heterocycles. The molecule has 2 amide bonds. The van der Waals surface area contributed by atoms with Gasteiger partial charge in [-0.1, -0.05) is 17.7 Å². The van der Waals surface area contributed by atoms with Gasteiger partial charge in [-0.05, 0) is 19.1 Å². The summed E-state index contributed by atoms with van der Waals surface area (Å²) in [6, 6.07) is 10.5. The number of hydrogen-bond donors (Lipinski definition) is 2. The number of aryl methyl sites for hydroxylation is 1. The second-order valence-electron chi connectivity index (χ2n) is 5.55. The topological polar surface area (TPSA) is 85.9 Å². The Morgan fingerprint density at radius 2 is 1.31 bits per heavy atom. The first-order valence-electron chi connectivity index (χ1n) is 7.93. The Balaban J connectivity index is 2.02. The minimum absolute atomic E-state index is 0.315. The van der Waals surface area contributed by atoms with E-state index in [1.807, 2.05) is 19.1 Å². The van der Waals surface area contributed by atoms with Crippen molar-refractivity contribution in [3.8, 4) is 17.2 Å². The van der Waals surface area contributed by atoms with Gasteiger partial charge in [-0.25, -0.2) is 0 Å². The smallest absolute Gasteiger partial charge is 0.233 e. The van der Waals surface area contributed by atoms with E-state index >= 15 is 0 Å². The van der Waals surface area contributed by atoms with Crippen molar-refractivity contribution in [3.05, 3.63) is 42.0 Å². The molecule has 0 aliphatic rings. The Hall–Kier alpha value is -3.22. The standard InChI is InChI=1S/C19H22N2O5/c1-12-5-7-13(8-6-12)20-17(22)11-18(23)21-14-9-15(24-2)19(26-4)16(10-14)25-3/h5-10H,11H2,1-4H3,(H,20,22)(H,21,23). The monoisotopic (exact) mass is 358 g/mol. The van der Waals surface area contributed by atoms with E-state index < -0.39 is 11.8 Å². The Labute approximate surface area is 152 Å². The van der Waals surface area contributed by atoms with Crippen LogP contribution >= 0.6 is 0 Å². The molecule has 0 bridgehead atoms. The van der Waals surface area contributed by atoms with E-state index in [4.69, 9.17) is 14.2 Å². The molecule has 26 heavy (non-hydrogen) atoms. The van der Waals surface area contributed by atoms with Gasteiger partial charge >= 0.3 is 0 Å². The van der Waals surface area contributed by atoms with Crippen LogP contribution < -0.4 is 24.8 Å². The summed E-state index contributed by atoms with van der Waals surface area (Å²) in [5, 5.41) is 5.33. The van der Waals surface area contributed by atoms with E-state index in [2.05, 4.69) is 10.6 Å². The van der Waals surface area contributed by atoms with Crippen molar-refractivity contribution in [2.45, 2.75) is 13.3 Å². The molecule has 0 atom stereocenters. The maximum Gasteiger partial charge on any atom is 0.233 e. The molecule has 0 unspecified atom stereocenters. The molecular formula is C19H22N2O5. The van der Waals surface area contributed by atoms with Gasteiger partial charge in [-0.15, -0.1) is 0 Å². The zero-order valence-corrected chi connectivity index (χ0v) is 15.2. The van der Waals surface area contributed by atoms with Crippen molar-refractivity contribution in [1.82, 2.24) is 0 Å². The number of nitrogens with one attached hydrogen (secondary N) is 2. The molecule has 0 aliphatic heterocycles. The number of ether oxygens (including phenoxy) is 3. The minimum Gasteiger partial charge on any atom is -0.493 e. The summed E-state index contributed by atoms with van der Waals surface area (Å²) in [6.07, 6.45) is -0.315. The number of rotatable bonds is 7. The molecule has 2 N–H and O–H groups in total. The van der Waals surface area contributed by atoms with Crippen LogP contribution in [0, 0.1) is 6.92 Å². The number of carbonyl (C=O) groups excluding carboxylic acids is 2. The Morgan fingerprint density at radius 3 is 1.77 bits per heavy atom. The van der Waals surface area contributed by atoms with Crippen LogP contribution in [0.3, 0.4) is 0 Å². The average Bonchev–Trinajstić information content (AvgIpc) is 2.62. The lowest BCUT2D eigenvalue weighted by Crippen LogP contribution is -2.21. The van der Waals surface area contributed by atoms with Crippen LogP contribution in [-0.4, -0.2) is 33.1 Å². The molecule has 0 aliphatic carbocycles. The molecule has 2 rings (SSSR count). The Kier molecular flexibility index (Phi) is 6.43. The quantitative estimate of drug-likeness (QED) is 0.743. The van der Waals surface area contributed by atoms with Crippen molar-refractivity contribution in [2.24, 2.45) is 0 Å². The third kappa shape index (κ3) is 4.89. The predicted octanol–water partition coefficient (Wildman–Crippen LogP) is 2.99. The van der Waals surface area contributed by atoms with Gasteiger partial charge in [0.15, 0.2) is 11.5 Å². The first kappa shape index (κ1) is 19.1. The van der Waals surface area contributed by atoms with Crippen molar-refractivity contribution in [2.75, 3.05) is 32.0 Å². The molecular weight excluding hydrogens is 336 g/mol. The molecule has 7 nitrogen and oxygen atoms in total. The average molecular weight is 358 g/mol. The number of carbonyl (C=O) groups is 2. The minimum atomic E-state index is -0.455. The van der Waals surface area contributed by atoms with E-state index in [-0.39, 0.29) is 6.42 Å². The number of amides is 2. The van der Waals surface area contributed by atoms with Crippen LogP contribution in [0.5, 0.6) is 17.2 Å². The summed E-state index contributed by atoms with van der Waals surface area (Å²) >= 11 is 0. The SMILES string of the molecule is COc1cc(NC(=O)CC(=O)Nc2ccc(C)cc2)cc(OC)c1OC. The highest BCUT2D eigenvalue weighted by atomic mass is 16.5. The fourth-order valence-electron chi connectivity index (χ4n) is 2.35. The van der Waals surface area contributed by atoms with Crippen LogP contribution in [0.2, 0.25) is 0 Å². The number of hydrogen-bond acceptors (Lipinski definition) is 5. The number of benzene rings is 2. The first-order chi connectivity index (χ1) is 12.5. The summed E-state index contributed by atoms with van der Waals surface area (Å²) in [6.45, 7) is 1.95. The highest BCUT2D eigenvalue weighted by Crippen LogP contribution is 2.39. The summed E-state index contributed by atoms with van der Waals surface area (Å²) in [5.74, 6) is 0.380. The normalized spacial score (nSPS) is 10.0. The van der Waals surface area contributed by atoms with Gasteiger partial charge in [-0.2, -0.15) is 0 Å². The Morgan fingerprint density at radius 1 is 0.808 bits per heavy atom. The molecule has 0 aromatic heterocycles. The summed E-state index contributed by atoms with van der Waals surface area (Å²) < 4.78 is 15.7. The molecule has 0 spiro atoms. The van der Waals surface area contributed by atoms with Gasteiger partial charge in [0.05, 0.1) is 21.3 Å². The van der Waals surface area contributed by atoms with E-state index in [1.54, 1.807) is 24.3 Å². The largest absolute Gasteiger partial charge is 0.493 e. The summed E-state index contributed by atoms with van der Waals surface area (Å²) in [4.78, 5) is 24.1. The molecule has 2 aromatic carbocycles. The summed E-state index contributed by atoms with van der Waals surface area (Å²) in [5.41, 5.74) is 2.16. The van der Waals surface area contributed by atoms with Gasteiger partial charge in [0.1, 0.15) is 6.42 Å². The molecule has 0 saturated heterocycles. The third-order valence-electron chi connectivity index (χ3n) is 3.60. The zero-order chi connectivity index (χ0) is 19.1. The van der Waals surface area contributed by atoms with Crippen LogP contribution in [0.4, 0.5) is 11.4 Å². The second-order valence-corrected chi connectivity index (χ2v) is 5.55. The number of methoxy groups -OCH3 is 3.